The summed E-state index contributed by atoms with van der Waals surface area (Å²) in [5.41, 5.74) is 0.635. The second kappa shape index (κ2) is 8.88. The van der Waals surface area contributed by atoms with Gasteiger partial charge in [-0.05, 0) is 25.2 Å². The topological polar surface area (TPSA) is 65.5 Å². The highest BCUT2D eigenvalue weighted by atomic mass is 16.6. The fraction of sp³-hybridized carbons (Fsp3) is 0.594. The number of fused-ring (bicyclic) bond motifs is 2. The lowest BCUT2D eigenvalue weighted by Crippen LogP contribution is -2.57. The molecule has 1 N–H and O–H groups in total. The molecule has 3 saturated heterocycles. The van der Waals surface area contributed by atoms with E-state index in [9.17, 15) is 9.90 Å². The normalized spacial score (nSPS) is 39.1. The van der Waals surface area contributed by atoms with Gasteiger partial charge < -0.3 is 14.6 Å². The molecule has 38 heavy (non-hydrogen) atoms. The third-order valence-electron chi connectivity index (χ3n) is 10.8. The van der Waals surface area contributed by atoms with Crippen LogP contribution in [0.1, 0.15) is 50.7 Å². The number of benzene rings is 2. The lowest BCUT2D eigenvalue weighted by molar-refractivity contribution is -0.147. The number of carbonyl (C=O) groups is 1. The van der Waals surface area contributed by atoms with Crippen molar-refractivity contribution in [3.05, 3.63) is 71.8 Å². The first-order valence-corrected chi connectivity index (χ1v) is 14.6. The molecule has 5 fully saturated rings. The van der Waals surface area contributed by atoms with Crippen LogP contribution < -0.4 is 0 Å². The molecule has 202 valence electrons. The maximum Gasteiger partial charge on any atom is 0.311 e. The summed E-state index contributed by atoms with van der Waals surface area (Å²) >= 11 is 0. The summed E-state index contributed by atoms with van der Waals surface area (Å²) in [7, 11) is 0. The third kappa shape index (κ3) is 3.50. The second-order valence-electron chi connectivity index (χ2n) is 12.7. The molecule has 7 rings (SSSR count). The van der Waals surface area contributed by atoms with Crippen LogP contribution in [0.4, 0.5) is 0 Å². The molecular formula is C32H40N2O4. The molecule has 2 aromatic rings. The summed E-state index contributed by atoms with van der Waals surface area (Å²) in [5.74, 6) is 0.547. The van der Waals surface area contributed by atoms with Gasteiger partial charge in [0.1, 0.15) is 11.7 Å². The predicted molar refractivity (Wildman–Crippen MR) is 144 cm³/mol. The Morgan fingerprint density at radius 3 is 2.26 bits per heavy atom. The summed E-state index contributed by atoms with van der Waals surface area (Å²) in [6, 6.07) is 19.9. The third-order valence-corrected chi connectivity index (χ3v) is 10.8. The number of hydrogen-bond donors (Lipinski definition) is 1. The van der Waals surface area contributed by atoms with E-state index in [2.05, 4.69) is 23.6 Å². The average Bonchev–Trinajstić information content (AvgIpc) is 3.63. The van der Waals surface area contributed by atoms with Gasteiger partial charge in [0.2, 0.25) is 0 Å². The summed E-state index contributed by atoms with van der Waals surface area (Å²) in [5, 5.41) is 12.2. The number of epoxide rings is 1. The van der Waals surface area contributed by atoms with Crippen molar-refractivity contribution in [3.8, 4) is 0 Å². The second-order valence-corrected chi connectivity index (χ2v) is 12.7. The Labute approximate surface area is 225 Å². The van der Waals surface area contributed by atoms with Gasteiger partial charge in [0, 0.05) is 55.2 Å². The van der Waals surface area contributed by atoms with Crippen molar-refractivity contribution in [1.29, 1.82) is 0 Å². The van der Waals surface area contributed by atoms with Gasteiger partial charge in [-0.3, -0.25) is 14.6 Å². The van der Waals surface area contributed by atoms with Crippen LogP contribution in [-0.4, -0.2) is 71.4 Å². The van der Waals surface area contributed by atoms with E-state index < -0.39 is 5.72 Å². The monoisotopic (exact) mass is 516 g/mol. The summed E-state index contributed by atoms with van der Waals surface area (Å²) in [4.78, 5) is 17.8. The number of carbonyl (C=O) groups excluding carboxylic acids is 1. The van der Waals surface area contributed by atoms with Crippen molar-refractivity contribution in [2.45, 2.75) is 63.1 Å². The minimum absolute atomic E-state index is 0.00836. The minimum atomic E-state index is -1.19. The van der Waals surface area contributed by atoms with E-state index in [-0.39, 0.29) is 41.0 Å². The van der Waals surface area contributed by atoms with Crippen LogP contribution in [0.5, 0.6) is 0 Å². The Morgan fingerprint density at radius 2 is 1.63 bits per heavy atom. The van der Waals surface area contributed by atoms with Crippen molar-refractivity contribution in [2.75, 3.05) is 32.7 Å². The molecule has 2 saturated carbocycles. The highest BCUT2D eigenvalue weighted by Crippen LogP contribution is 2.70. The summed E-state index contributed by atoms with van der Waals surface area (Å²) in [6.45, 7) is 8.47. The fourth-order valence-corrected chi connectivity index (χ4v) is 8.85. The largest absolute Gasteiger partial charge is 0.462 e. The van der Waals surface area contributed by atoms with Crippen LogP contribution in [0.2, 0.25) is 0 Å². The molecule has 6 nitrogen and oxygen atoms in total. The van der Waals surface area contributed by atoms with Crippen LogP contribution >= 0.6 is 0 Å². The fourth-order valence-electron chi connectivity index (χ4n) is 8.85. The van der Waals surface area contributed by atoms with E-state index in [1.54, 1.807) is 0 Å². The quantitative estimate of drug-likeness (QED) is 0.478. The Bertz CT molecular complexity index is 1140. The van der Waals surface area contributed by atoms with Gasteiger partial charge in [0.15, 0.2) is 5.72 Å². The van der Waals surface area contributed by atoms with Gasteiger partial charge in [-0.2, -0.15) is 0 Å². The van der Waals surface area contributed by atoms with Crippen molar-refractivity contribution >= 4 is 5.97 Å². The minimum Gasteiger partial charge on any atom is -0.462 e. The van der Waals surface area contributed by atoms with Gasteiger partial charge >= 0.3 is 5.97 Å². The van der Waals surface area contributed by atoms with Crippen molar-refractivity contribution in [2.24, 2.45) is 23.2 Å². The maximum absolute atomic E-state index is 13.2. The maximum atomic E-state index is 13.2. The molecule has 2 aliphatic carbocycles. The van der Waals surface area contributed by atoms with E-state index in [0.29, 0.717) is 12.5 Å². The van der Waals surface area contributed by atoms with Gasteiger partial charge in [-0.1, -0.05) is 80.9 Å². The Kier molecular flexibility index (Phi) is 5.79. The number of nitrogens with zero attached hydrogens (tertiary/aromatic N) is 2. The Balaban J connectivity index is 1.07. The number of aliphatic hydroxyl groups is 1. The number of rotatable bonds is 5. The van der Waals surface area contributed by atoms with E-state index in [4.69, 9.17) is 9.47 Å². The number of hydrogen-bond acceptors (Lipinski definition) is 6. The van der Waals surface area contributed by atoms with E-state index in [0.717, 1.165) is 43.7 Å². The molecular weight excluding hydrogens is 476 g/mol. The highest BCUT2D eigenvalue weighted by molar-refractivity contribution is 5.76. The lowest BCUT2D eigenvalue weighted by Gasteiger charge is -2.49. The van der Waals surface area contributed by atoms with Crippen LogP contribution in [0, 0.1) is 23.2 Å². The zero-order valence-electron chi connectivity index (χ0n) is 22.6. The first-order chi connectivity index (χ1) is 18.4. The molecule has 0 amide bonds. The summed E-state index contributed by atoms with van der Waals surface area (Å²) in [6.07, 6.45) is 4.72. The molecule has 3 heterocycles. The predicted octanol–water partition coefficient (Wildman–Crippen LogP) is 4.02. The molecule has 6 heteroatoms. The number of piperazine rings is 1. The zero-order chi connectivity index (χ0) is 26.1. The smallest absolute Gasteiger partial charge is 0.311 e. The van der Waals surface area contributed by atoms with Gasteiger partial charge in [0.25, 0.3) is 0 Å². The first-order valence-electron chi connectivity index (χ1n) is 14.6. The Morgan fingerprint density at radius 1 is 1.00 bits per heavy atom. The molecule has 3 aliphatic heterocycles. The van der Waals surface area contributed by atoms with Crippen molar-refractivity contribution in [1.82, 2.24) is 9.80 Å². The molecule has 0 aromatic heterocycles. The molecule has 1 spiro atoms. The van der Waals surface area contributed by atoms with Gasteiger partial charge in [0.05, 0.1) is 12.0 Å². The zero-order valence-corrected chi connectivity index (χ0v) is 22.6. The van der Waals surface area contributed by atoms with E-state index in [1.807, 2.05) is 60.7 Å². The molecule has 0 bridgehead atoms. The molecule has 1 unspecified atom stereocenters. The SMILES string of the molecule is C[C@H]1CCC[C@]2(C)C[C@H]3OC(=O)C(CN4CCN(C(O)(c5ccccc5)c5ccccc5)CC4)[C@H]3[C@@H]3O[C@@]132. The standard InChI is InChI=1S/C32H40N2O4/c1-22-10-9-15-30(2)20-26-27(28-31(22,30)38-28)25(29(35)37-26)21-33-16-18-34(19-17-33)32(36,23-11-5-3-6-12-23)24-13-7-4-8-14-24/h3-8,11-14,22,25-28,36H,9-10,15-21H2,1-2H3/t22-,25?,26+,27+,28-,30+,31-/m0/s1. The first kappa shape index (κ1) is 24.8. The lowest BCUT2D eigenvalue weighted by atomic mass is 9.53. The van der Waals surface area contributed by atoms with E-state index >= 15 is 0 Å². The van der Waals surface area contributed by atoms with Crippen LogP contribution in [0.15, 0.2) is 60.7 Å². The van der Waals surface area contributed by atoms with Crippen LogP contribution in [0.25, 0.3) is 0 Å². The highest BCUT2D eigenvalue weighted by Gasteiger charge is 2.78. The van der Waals surface area contributed by atoms with E-state index in [1.165, 1.54) is 19.3 Å². The Hall–Kier alpha value is -2.25. The molecule has 2 aromatic carbocycles. The van der Waals surface area contributed by atoms with Gasteiger partial charge in [-0.15, -0.1) is 0 Å². The van der Waals surface area contributed by atoms with Crippen molar-refractivity contribution < 1.29 is 19.4 Å². The van der Waals surface area contributed by atoms with Crippen LogP contribution in [0.3, 0.4) is 0 Å². The summed E-state index contributed by atoms with van der Waals surface area (Å²) < 4.78 is 12.7. The molecule has 0 radical (unpaired) electrons. The van der Waals surface area contributed by atoms with Gasteiger partial charge in [-0.25, -0.2) is 0 Å². The van der Waals surface area contributed by atoms with Crippen molar-refractivity contribution in [3.63, 3.8) is 0 Å². The molecule has 5 aliphatic rings. The number of ether oxygens (including phenoxy) is 2. The number of esters is 1. The average molecular weight is 517 g/mol. The molecule has 7 atom stereocenters. The van der Waals surface area contributed by atoms with Crippen LogP contribution in [-0.2, 0) is 20.0 Å².